The summed E-state index contributed by atoms with van der Waals surface area (Å²) in [6.45, 7) is 2.89. The fourth-order valence-electron chi connectivity index (χ4n) is 2.68. The van der Waals surface area contributed by atoms with Crippen LogP contribution < -0.4 is 10.6 Å². The molecule has 0 aliphatic carbocycles. The van der Waals surface area contributed by atoms with Crippen molar-refractivity contribution < 1.29 is 4.79 Å². The second-order valence-corrected chi connectivity index (χ2v) is 5.57. The number of rotatable bonds is 6. The lowest BCUT2D eigenvalue weighted by Gasteiger charge is -2.23. The summed E-state index contributed by atoms with van der Waals surface area (Å²) < 4.78 is 0. The van der Waals surface area contributed by atoms with E-state index in [1.165, 1.54) is 12.8 Å². The van der Waals surface area contributed by atoms with E-state index in [4.69, 9.17) is 11.6 Å². The topological polar surface area (TPSA) is 44.4 Å². The third kappa shape index (κ3) is 4.20. The molecule has 110 valence electrons. The van der Waals surface area contributed by atoms with Gasteiger partial charge in [-0.25, -0.2) is 0 Å². The van der Waals surface area contributed by atoms with E-state index >= 15 is 0 Å². The predicted octanol–water partition coefficient (Wildman–Crippen LogP) is 2.35. The largest absolute Gasteiger partial charge is 0.325 e. The van der Waals surface area contributed by atoms with Crippen LogP contribution in [0.3, 0.4) is 0 Å². The van der Waals surface area contributed by atoms with Crippen molar-refractivity contribution in [2.75, 3.05) is 32.0 Å². The first-order valence-electron chi connectivity index (χ1n) is 7.13. The summed E-state index contributed by atoms with van der Waals surface area (Å²) in [5.41, 5.74) is 0.687. The number of amides is 1. The third-order valence-electron chi connectivity index (χ3n) is 3.71. The summed E-state index contributed by atoms with van der Waals surface area (Å²) >= 11 is 6.03. The molecular formula is C15H22ClN3O. The van der Waals surface area contributed by atoms with Crippen LogP contribution in [-0.2, 0) is 4.79 Å². The number of benzene rings is 1. The lowest BCUT2D eigenvalue weighted by molar-refractivity contribution is -0.116. The maximum absolute atomic E-state index is 12.0. The predicted molar refractivity (Wildman–Crippen MR) is 83.2 cm³/mol. The van der Waals surface area contributed by atoms with Gasteiger partial charge in [-0.1, -0.05) is 23.7 Å². The summed E-state index contributed by atoms with van der Waals surface area (Å²) in [6, 6.07) is 7.88. The highest BCUT2D eigenvalue weighted by molar-refractivity contribution is 6.33. The minimum atomic E-state index is 0.0215. The van der Waals surface area contributed by atoms with Gasteiger partial charge in [0.05, 0.1) is 10.7 Å². The monoisotopic (exact) mass is 295 g/mol. The molecule has 1 unspecified atom stereocenters. The second kappa shape index (κ2) is 7.62. The van der Waals surface area contributed by atoms with Crippen LogP contribution in [-0.4, -0.2) is 43.5 Å². The van der Waals surface area contributed by atoms with Crippen molar-refractivity contribution >= 4 is 23.2 Å². The van der Waals surface area contributed by atoms with E-state index in [0.717, 1.165) is 19.6 Å². The van der Waals surface area contributed by atoms with Crippen molar-refractivity contribution in [1.29, 1.82) is 0 Å². The summed E-state index contributed by atoms with van der Waals surface area (Å²) in [5, 5.41) is 6.66. The molecule has 1 aliphatic rings. The van der Waals surface area contributed by atoms with Crippen LogP contribution in [0, 0.1) is 0 Å². The SMILES string of the molecule is CNCC1CCCN1CCC(=O)Nc1ccccc1Cl. The molecular weight excluding hydrogens is 274 g/mol. The molecule has 0 aromatic heterocycles. The third-order valence-corrected chi connectivity index (χ3v) is 4.04. The van der Waals surface area contributed by atoms with Gasteiger partial charge in [0.2, 0.25) is 5.91 Å². The molecule has 1 amide bonds. The first-order chi connectivity index (χ1) is 9.70. The van der Waals surface area contributed by atoms with E-state index in [2.05, 4.69) is 15.5 Å². The molecule has 1 heterocycles. The van der Waals surface area contributed by atoms with Crippen molar-refractivity contribution in [3.8, 4) is 0 Å². The van der Waals surface area contributed by atoms with Crippen LogP contribution in [0.4, 0.5) is 5.69 Å². The fraction of sp³-hybridized carbons (Fsp3) is 0.533. The normalized spacial score (nSPS) is 19.2. The summed E-state index contributed by atoms with van der Waals surface area (Å²) in [6.07, 6.45) is 2.94. The Morgan fingerprint density at radius 2 is 2.25 bits per heavy atom. The number of nitrogens with zero attached hydrogens (tertiary/aromatic N) is 1. The Morgan fingerprint density at radius 1 is 1.45 bits per heavy atom. The molecule has 0 saturated carbocycles. The number of carbonyl (C=O) groups is 1. The molecule has 1 fully saturated rings. The van der Waals surface area contributed by atoms with Crippen molar-refractivity contribution in [3.63, 3.8) is 0 Å². The molecule has 0 radical (unpaired) electrons. The van der Waals surface area contributed by atoms with Crippen LogP contribution in [0.2, 0.25) is 5.02 Å². The number of nitrogens with one attached hydrogen (secondary N) is 2. The molecule has 1 aromatic rings. The van der Waals surface area contributed by atoms with E-state index in [1.807, 2.05) is 25.2 Å². The maximum Gasteiger partial charge on any atom is 0.225 e. The van der Waals surface area contributed by atoms with Crippen molar-refractivity contribution in [2.24, 2.45) is 0 Å². The molecule has 2 N–H and O–H groups in total. The highest BCUT2D eigenvalue weighted by atomic mass is 35.5. The van der Waals surface area contributed by atoms with E-state index in [1.54, 1.807) is 6.07 Å². The quantitative estimate of drug-likeness (QED) is 0.847. The summed E-state index contributed by atoms with van der Waals surface area (Å²) in [7, 11) is 1.97. The lowest BCUT2D eigenvalue weighted by atomic mass is 10.2. The van der Waals surface area contributed by atoms with Crippen LogP contribution in [0.25, 0.3) is 0 Å². The Bertz CT molecular complexity index is 452. The number of anilines is 1. The average Bonchev–Trinajstić information content (AvgIpc) is 2.87. The Hall–Kier alpha value is -1.10. The Balaban J connectivity index is 1.79. The zero-order chi connectivity index (χ0) is 14.4. The van der Waals surface area contributed by atoms with Crippen LogP contribution in [0.5, 0.6) is 0 Å². The lowest BCUT2D eigenvalue weighted by Crippen LogP contribution is -2.38. The van der Waals surface area contributed by atoms with Crippen molar-refractivity contribution in [3.05, 3.63) is 29.3 Å². The van der Waals surface area contributed by atoms with Crippen LogP contribution >= 0.6 is 11.6 Å². The Morgan fingerprint density at radius 3 is 3.00 bits per heavy atom. The zero-order valence-corrected chi connectivity index (χ0v) is 12.6. The molecule has 2 rings (SSSR count). The average molecular weight is 296 g/mol. The van der Waals surface area contributed by atoms with Gasteiger partial charge < -0.3 is 10.6 Å². The second-order valence-electron chi connectivity index (χ2n) is 5.17. The molecule has 1 saturated heterocycles. The van der Waals surface area contributed by atoms with Gasteiger partial charge in [-0.15, -0.1) is 0 Å². The molecule has 0 bridgehead atoms. The highest BCUT2D eigenvalue weighted by Gasteiger charge is 2.23. The van der Waals surface area contributed by atoms with E-state index in [9.17, 15) is 4.79 Å². The molecule has 5 heteroatoms. The van der Waals surface area contributed by atoms with Gasteiger partial charge >= 0.3 is 0 Å². The number of hydrogen-bond donors (Lipinski definition) is 2. The molecule has 4 nitrogen and oxygen atoms in total. The molecule has 1 aliphatic heterocycles. The number of para-hydroxylation sites is 1. The van der Waals surface area contributed by atoms with Gasteiger partial charge in [-0.3, -0.25) is 9.69 Å². The van der Waals surface area contributed by atoms with E-state index < -0.39 is 0 Å². The zero-order valence-electron chi connectivity index (χ0n) is 11.9. The number of likely N-dealkylation sites (tertiary alicyclic amines) is 1. The van der Waals surface area contributed by atoms with Crippen molar-refractivity contribution in [1.82, 2.24) is 10.2 Å². The Labute approximate surface area is 125 Å². The van der Waals surface area contributed by atoms with Crippen LogP contribution in [0.15, 0.2) is 24.3 Å². The minimum Gasteiger partial charge on any atom is -0.325 e. The smallest absolute Gasteiger partial charge is 0.225 e. The van der Waals surface area contributed by atoms with Gasteiger partial charge in [0.25, 0.3) is 0 Å². The van der Waals surface area contributed by atoms with Gasteiger partial charge in [0.15, 0.2) is 0 Å². The number of likely N-dealkylation sites (N-methyl/N-ethyl adjacent to an activating group) is 1. The van der Waals surface area contributed by atoms with Gasteiger partial charge in [-0.05, 0) is 38.6 Å². The van der Waals surface area contributed by atoms with Gasteiger partial charge in [0, 0.05) is 25.6 Å². The number of carbonyl (C=O) groups excluding carboxylic acids is 1. The van der Waals surface area contributed by atoms with Gasteiger partial charge in [-0.2, -0.15) is 0 Å². The van der Waals surface area contributed by atoms with Gasteiger partial charge in [0.1, 0.15) is 0 Å². The molecule has 1 atom stereocenters. The fourth-order valence-corrected chi connectivity index (χ4v) is 2.86. The first kappa shape index (κ1) is 15.3. The Kier molecular flexibility index (Phi) is 5.83. The van der Waals surface area contributed by atoms with Crippen LogP contribution in [0.1, 0.15) is 19.3 Å². The summed E-state index contributed by atoms with van der Waals surface area (Å²) in [4.78, 5) is 14.4. The molecule has 20 heavy (non-hydrogen) atoms. The molecule has 1 aromatic carbocycles. The highest BCUT2D eigenvalue weighted by Crippen LogP contribution is 2.21. The number of hydrogen-bond acceptors (Lipinski definition) is 3. The number of halogens is 1. The molecule has 0 spiro atoms. The summed E-state index contributed by atoms with van der Waals surface area (Å²) in [5.74, 6) is 0.0215. The van der Waals surface area contributed by atoms with Crippen molar-refractivity contribution in [2.45, 2.75) is 25.3 Å². The van der Waals surface area contributed by atoms with E-state index in [-0.39, 0.29) is 5.91 Å². The standard InChI is InChI=1S/C15H22ClN3O/c1-17-11-12-5-4-9-19(12)10-8-15(20)18-14-7-3-2-6-13(14)16/h2-3,6-7,12,17H,4-5,8-11H2,1H3,(H,18,20). The van der Waals surface area contributed by atoms with E-state index in [0.29, 0.717) is 23.2 Å². The first-order valence-corrected chi connectivity index (χ1v) is 7.51. The maximum atomic E-state index is 12.0. The minimum absolute atomic E-state index is 0.0215.